The largest absolute Gasteiger partial charge is 0.573 e. The molecule has 0 spiro atoms. The van der Waals surface area contributed by atoms with E-state index in [1.807, 2.05) is 0 Å². The number of hydrogen-bond donors (Lipinski definition) is 0. The van der Waals surface area contributed by atoms with Gasteiger partial charge in [0.1, 0.15) is 5.75 Å². The van der Waals surface area contributed by atoms with E-state index in [-0.39, 0.29) is 5.75 Å². The van der Waals surface area contributed by atoms with Crippen molar-refractivity contribution in [3.63, 3.8) is 0 Å². The first-order chi connectivity index (χ1) is 7.37. The van der Waals surface area contributed by atoms with Crippen LogP contribution in [0.3, 0.4) is 0 Å². The Morgan fingerprint density at radius 3 is 2.12 bits per heavy atom. The molecule has 1 aromatic rings. The van der Waals surface area contributed by atoms with E-state index in [4.69, 9.17) is 0 Å². The second-order valence-electron chi connectivity index (χ2n) is 2.69. The summed E-state index contributed by atoms with van der Waals surface area (Å²) in [6.45, 7) is 0. The smallest absolute Gasteiger partial charge is 0.497 e. The number of halogens is 4. The lowest BCUT2D eigenvalue weighted by atomic mass is 10.3. The molecule has 16 heavy (non-hydrogen) atoms. The lowest BCUT2D eigenvalue weighted by Crippen LogP contribution is -2.18. The Labute approximate surface area is 88.5 Å². The van der Waals surface area contributed by atoms with Crippen LogP contribution in [0, 0.1) is 5.82 Å². The topological polar surface area (TPSA) is 27.7 Å². The van der Waals surface area contributed by atoms with Gasteiger partial charge in [-0.05, 0) is 0 Å². The Bertz CT molecular complexity index is 376. The minimum Gasteiger partial charge on any atom is -0.497 e. The highest BCUT2D eigenvalue weighted by molar-refractivity contribution is 5.46. The third-order valence-electron chi connectivity index (χ3n) is 1.66. The van der Waals surface area contributed by atoms with Crippen LogP contribution in [-0.4, -0.2) is 20.6 Å². The second kappa shape index (κ2) is 4.46. The van der Waals surface area contributed by atoms with Crippen LogP contribution >= 0.6 is 0 Å². The van der Waals surface area contributed by atoms with Crippen LogP contribution < -0.4 is 14.2 Å². The summed E-state index contributed by atoms with van der Waals surface area (Å²) < 4.78 is 61.8. The molecular weight excluding hydrogens is 232 g/mol. The van der Waals surface area contributed by atoms with Crippen molar-refractivity contribution < 1.29 is 31.8 Å². The fraction of sp³-hybridized carbons (Fsp3) is 0.333. The van der Waals surface area contributed by atoms with Crippen LogP contribution in [0.4, 0.5) is 17.6 Å². The number of ether oxygens (including phenoxy) is 3. The van der Waals surface area contributed by atoms with Gasteiger partial charge in [-0.15, -0.1) is 13.2 Å². The van der Waals surface area contributed by atoms with Crippen molar-refractivity contribution in [1.82, 2.24) is 0 Å². The maximum absolute atomic E-state index is 13.2. The van der Waals surface area contributed by atoms with E-state index in [2.05, 4.69) is 14.2 Å². The minimum absolute atomic E-state index is 0.0314. The summed E-state index contributed by atoms with van der Waals surface area (Å²) in [7, 11) is 2.34. The lowest BCUT2D eigenvalue weighted by molar-refractivity contribution is -0.276. The van der Waals surface area contributed by atoms with Crippen molar-refractivity contribution >= 4 is 0 Å². The Hall–Kier alpha value is -1.66. The Kier molecular flexibility index (Phi) is 3.46. The summed E-state index contributed by atoms with van der Waals surface area (Å²) in [6, 6.07) is 1.85. The molecule has 1 aromatic carbocycles. The average molecular weight is 240 g/mol. The van der Waals surface area contributed by atoms with Gasteiger partial charge < -0.3 is 14.2 Å². The van der Waals surface area contributed by atoms with Gasteiger partial charge in [0.15, 0.2) is 11.6 Å². The molecule has 0 aliphatic heterocycles. The highest BCUT2D eigenvalue weighted by Crippen LogP contribution is 2.37. The predicted octanol–water partition coefficient (Wildman–Crippen LogP) is 2.74. The van der Waals surface area contributed by atoms with Crippen LogP contribution in [0.1, 0.15) is 0 Å². The second-order valence-corrected chi connectivity index (χ2v) is 2.69. The minimum atomic E-state index is -4.98. The molecule has 0 N–H and O–H groups in total. The molecule has 0 aromatic heterocycles. The monoisotopic (exact) mass is 240 g/mol. The molecule has 90 valence electrons. The van der Waals surface area contributed by atoms with Crippen molar-refractivity contribution in [3.05, 3.63) is 17.9 Å². The van der Waals surface area contributed by atoms with Crippen molar-refractivity contribution in [2.24, 2.45) is 0 Å². The number of methoxy groups -OCH3 is 2. The molecule has 0 saturated carbocycles. The zero-order valence-corrected chi connectivity index (χ0v) is 8.39. The number of benzene rings is 1. The summed E-state index contributed by atoms with van der Waals surface area (Å²) in [5, 5.41) is 0. The van der Waals surface area contributed by atoms with Crippen molar-refractivity contribution in [2.45, 2.75) is 6.36 Å². The van der Waals surface area contributed by atoms with E-state index in [0.717, 1.165) is 19.2 Å². The van der Waals surface area contributed by atoms with Crippen LogP contribution in [0.15, 0.2) is 12.1 Å². The summed E-state index contributed by atoms with van der Waals surface area (Å²) in [6.07, 6.45) is -4.98. The van der Waals surface area contributed by atoms with Crippen LogP contribution in [0.25, 0.3) is 0 Å². The molecule has 0 heterocycles. The van der Waals surface area contributed by atoms with Crippen molar-refractivity contribution in [3.8, 4) is 17.2 Å². The number of hydrogen-bond acceptors (Lipinski definition) is 3. The zero-order chi connectivity index (χ0) is 12.3. The summed E-state index contributed by atoms with van der Waals surface area (Å²) in [5.41, 5.74) is 0. The summed E-state index contributed by atoms with van der Waals surface area (Å²) in [4.78, 5) is 0. The van der Waals surface area contributed by atoms with Gasteiger partial charge in [-0.25, -0.2) is 4.39 Å². The first-order valence-corrected chi connectivity index (χ1v) is 4.04. The molecular formula is C9H8F4O3. The van der Waals surface area contributed by atoms with E-state index in [1.54, 1.807) is 0 Å². The van der Waals surface area contributed by atoms with Crippen LogP contribution in [0.5, 0.6) is 17.2 Å². The van der Waals surface area contributed by atoms with Gasteiger partial charge in [0, 0.05) is 12.1 Å². The quantitative estimate of drug-likeness (QED) is 0.760. The van der Waals surface area contributed by atoms with E-state index >= 15 is 0 Å². The fourth-order valence-corrected chi connectivity index (χ4v) is 1.03. The van der Waals surface area contributed by atoms with E-state index in [9.17, 15) is 17.6 Å². The SMILES string of the molecule is COc1cc(F)c(OC(F)(F)F)c(OC)c1. The van der Waals surface area contributed by atoms with E-state index in [0.29, 0.717) is 0 Å². The third kappa shape index (κ3) is 2.91. The normalized spacial score (nSPS) is 11.1. The van der Waals surface area contributed by atoms with Crippen LogP contribution in [-0.2, 0) is 0 Å². The molecule has 7 heteroatoms. The van der Waals surface area contributed by atoms with Gasteiger partial charge in [0.25, 0.3) is 0 Å². The number of alkyl halides is 3. The lowest BCUT2D eigenvalue weighted by Gasteiger charge is -2.14. The van der Waals surface area contributed by atoms with Gasteiger partial charge in [-0.1, -0.05) is 0 Å². The molecule has 1 rings (SSSR count). The highest BCUT2D eigenvalue weighted by Gasteiger charge is 2.34. The molecule has 0 aliphatic carbocycles. The van der Waals surface area contributed by atoms with Gasteiger partial charge in [-0.2, -0.15) is 0 Å². The molecule has 0 aliphatic rings. The number of rotatable bonds is 3. The maximum atomic E-state index is 13.2. The van der Waals surface area contributed by atoms with E-state index < -0.39 is 23.7 Å². The first kappa shape index (κ1) is 12.4. The molecule has 3 nitrogen and oxygen atoms in total. The first-order valence-electron chi connectivity index (χ1n) is 4.04. The van der Waals surface area contributed by atoms with Gasteiger partial charge in [-0.3, -0.25) is 0 Å². The average Bonchev–Trinajstić information content (AvgIpc) is 2.19. The van der Waals surface area contributed by atoms with Gasteiger partial charge in [0.2, 0.25) is 5.75 Å². The molecule has 0 amide bonds. The maximum Gasteiger partial charge on any atom is 0.573 e. The Morgan fingerprint density at radius 2 is 1.69 bits per heavy atom. The molecule has 0 radical (unpaired) electrons. The summed E-state index contributed by atoms with van der Waals surface area (Å²) >= 11 is 0. The zero-order valence-electron chi connectivity index (χ0n) is 8.39. The highest BCUT2D eigenvalue weighted by atomic mass is 19.4. The molecule has 0 fully saturated rings. The van der Waals surface area contributed by atoms with E-state index in [1.165, 1.54) is 7.11 Å². The molecule has 0 unspecified atom stereocenters. The van der Waals surface area contributed by atoms with Crippen LogP contribution in [0.2, 0.25) is 0 Å². The Balaban J connectivity index is 3.16. The van der Waals surface area contributed by atoms with Gasteiger partial charge >= 0.3 is 6.36 Å². The molecule has 0 saturated heterocycles. The third-order valence-corrected chi connectivity index (χ3v) is 1.66. The van der Waals surface area contributed by atoms with Crippen molar-refractivity contribution in [1.29, 1.82) is 0 Å². The summed E-state index contributed by atoms with van der Waals surface area (Å²) in [5.74, 6) is -2.60. The molecule has 0 bridgehead atoms. The standard InChI is InChI=1S/C9H8F4O3/c1-14-5-3-6(10)8(7(4-5)15-2)16-9(11,12)13/h3-4H,1-2H3. The predicted molar refractivity (Wildman–Crippen MR) is 46.2 cm³/mol. The van der Waals surface area contributed by atoms with Gasteiger partial charge in [0.05, 0.1) is 14.2 Å². The Morgan fingerprint density at radius 1 is 1.06 bits per heavy atom. The van der Waals surface area contributed by atoms with Crippen molar-refractivity contribution in [2.75, 3.05) is 14.2 Å². The fourth-order valence-electron chi connectivity index (χ4n) is 1.03. The molecule has 0 atom stereocenters.